The van der Waals surface area contributed by atoms with E-state index in [1.54, 1.807) is 12.1 Å². The Bertz CT molecular complexity index is 993. The van der Waals surface area contributed by atoms with Crippen molar-refractivity contribution in [2.75, 3.05) is 25.2 Å². The molecule has 0 aliphatic heterocycles. The van der Waals surface area contributed by atoms with Crippen LogP contribution in [0, 0.1) is 5.82 Å². The van der Waals surface area contributed by atoms with E-state index in [9.17, 15) is 9.18 Å². The van der Waals surface area contributed by atoms with Crippen LogP contribution in [0.2, 0.25) is 0 Å². The van der Waals surface area contributed by atoms with Crippen LogP contribution in [0.15, 0.2) is 58.2 Å². The van der Waals surface area contributed by atoms with Crippen molar-refractivity contribution in [3.8, 4) is 5.69 Å². The molecule has 152 valence electrons. The van der Waals surface area contributed by atoms with Crippen molar-refractivity contribution in [1.82, 2.24) is 19.7 Å². The number of hydrogen-bond acceptors (Lipinski definition) is 5. The largest absolute Gasteiger partial charge is 0.325 e. The summed E-state index contributed by atoms with van der Waals surface area (Å²) in [7, 11) is 3.90. The molecule has 0 spiro atoms. The molecule has 0 fully saturated rings. The molecule has 0 bridgehead atoms. The Hall–Kier alpha value is -2.23. The van der Waals surface area contributed by atoms with E-state index in [1.807, 2.05) is 54.8 Å². The smallest absolute Gasteiger partial charge is 0.234 e. The Morgan fingerprint density at radius 1 is 1.24 bits per heavy atom. The molecule has 0 radical (unpaired) electrons. The van der Waals surface area contributed by atoms with Crippen molar-refractivity contribution < 1.29 is 9.18 Å². The average molecular weight is 478 g/mol. The van der Waals surface area contributed by atoms with E-state index >= 15 is 0 Å². The van der Waals surface area contributed by atoms with Gasteiger partial charge in [-0.25, -0.2) is 4.39 Å². The zero-order valence-corrected chi connectivity index (χ0v) is 18.7. The molecule has 3 rings (SSSR count). The van der Waals surface area contributed by atoms with Crippen molar-refractivity contribution in [2.45, 2.75) is 18.1 Å². The minimum Gasteiger partial charge on any atom is -0.325 e. The summed E-state index contributed by atoms with van der Waals surface area (Å²) >= 11 is 4.67. The molecular formula is C20H21BrFN5OS. The zero-order chi connectivity index (χ0) is 21.0. The first kappa shape index (κ1) is 21.5. The van der Waals surface area contributed by atoms with E-state index in [0.29, 0.717) is 10.8 Å². The molecule has 6 nitrogen and oxygen atoms in total. The molecule has 0 saturated heterocycles. The summed E-state index contributed by atoms with van der Waals surface area (Å²) in [5.41, 5.74) is 1.46. The van der Waals surface area contributed by atoms with E-state index < -0.39 is 0 Å². The number of carbonyl (C=O) groups excluding carboxylic acids is 1. The number of nitrogens with zero attached hydrogens (tertiary/aromatic N) is 4. The minimum atomic E-state index is -0.313. The fourth-order valence-corrected chi connectivity index (χ4v) is 3.76. The van der Waals surface area contributed by atoms with Crippen LogP contribution in [0.25, 0.3) is 5.69 Å². The van der Waals surface area contributed by atoms with Crippen LogP contribution in [-0.2, 0) is 4.79 Å². The van der Waals surface area contributed by atoms with Gasteiger partial charge in [-0.2, -0.15) is 0 Å². The third-order valence-electron chi connectivity index (χ3n) is 4.33. The maximum Gasteiger partial charge on any atom is 0.234 e. The standard InChI is InChI=1S/C20H21BrFN5OS/c1-13(26(2)3)19-24-25-20(27(19)17-9-7-15(22)8-10-17)29-12-18(28)23-16-6-4-5-14(21)11-16/h4-11,13H,12H2,1-3H3,(H,23,28)/t13-/m1/s1. The Kier molecular flexibility index (Phi) is 7.05. The molecule has 29 heavy (non-hydrogen) atoms. The summed E-state index contributed by atoms with van der Waals surface area (Å²) in [6, 6.07) is 13.5. The summed E-state index contributed by atoms with van der Waals surface area (Å²) < 4.78 is 16.1. The topological polar surface area (TPSA) is 63.1 Å². The lowest BCUT2D eigenvalue weighted by Crippen LogP contribution is -2.21. The highest BCUT2D eigenvalue weighted by Crippen LogP contribution is 2.27. The Morgan fingerprint density at radius 3 is 2.62 bits per heavy atom. The second-order valence-electron chi connectivity index (χ2n) is 6.64. The van der Waals surface area contributed by atoms with E-state index in [1.165, 1.54) is 23.9 Å². The van der Waals surface area contributed by atoms with Crippen LogP contribution in [0.1, 0.15) is 18.8 Å². The first-order chi connectivity index (χ1) is 13.8. The van der Waals surface area contributed by atoms with Gasteiger partial charge in [0.05, 0.1) is 11.8 Å². The molecule has 2 aromatic carbocycles. The molecule has 0 unspecified atom stereocenters. The minimum absolute atomic E-state index is 0.0163. The summed E-state index contributed by atoms with van der Waals surface area (Å²) in [6.45, 7) is 2.01. The number of carbonyl (C=O) groups is 1. The van der Waals surface area contributed by atoms with Crippen LogP contribution < -0.4 is 5.32 Å². The number of aromatic nitrogens is 3. The van der Waals surface area contributed by atoms with Gasteiger partial charge in [0, 0.05) is 15.8 Å². The van der Waals surface area contributed by atoms with Crippen LogP contribution in [-0.4, -0.2) is 45.4 Å². The molecule has 1 amide bonds. The van der Waals surface area contributed by atoms with E-state index in [0.717, 1.165) is 16.0 Å². The van der Waals surface area contributed by atoms with Crippen LogP contribution in [0.5, 0.6) is 0 Å². The summed E-state index contributed by atoms with van der Waals surface area (Å²) in [5, 5.41) is 12.0. The van der Waals surface area contributed by atoms with Crippen molar-refractivity contribution in [3.05, 3.63) is 64.6 Å². The number of rotatable bonds is 7. The predicted octanol–water partition coefficient (Wildman–Crippen LogP) is 4.52. The molecule has 3 aromatic rings. The molecule has 1 heterocycles. The Morgan fingerprint density at radius 2 is 1.97 bits per heavy atom. The lowest BCUT2D eigenvalue weighted by atomic mass is 10.2. The van der Waals surface area contributed by atoms with Gasteiger partial charge in [-0.05, 0) is 63.5 Å². The van der Waals surface area contributed by atoms with Crippen molar-refractivity contribution in [3.63, 3.8) is 0 Å². The Labute approximate surface area is 181 Å². The highest BCUT2D eigenvalue weighted by molar-refractivity contribution is 9.10. The molecule has 9 heteroatoms. The molecule has 1 aromatic heterocycles. The average Bonchev–Trinajstić information content (AvgIpc) is 3.10. The van der Waals surface area contributed by atoms with Gasteiger partial charge in [0.25, 0.3) is 0 Å². The van der Waals surface area contributed by atoms with Gasteiger partial charge < -0.3 is 5.32 Å². The van der Waals surface area contributed by atoms with E-state index in [-0.39, 0.29) is 23.5 Å². The number of anilines is 1. The third-order valence-corrected chi connectivity index (χ3v) is 5.75. The first-order valence-electron chi connectivity index (χ1n) is 8.91. The van der Waals surface area contributed by atoms with Gasteiger partial charge in [-0.3, -0.25) is 14.3 Å². The van der Waals surface area contributed by atoms with Crippen LogP contribution in [0.4, 0.5) is 10.1 Å². The molecule has 0 saturated carbocycles. The zero-order valence-electron chi connectivity index (χ0n) is 16.3. The molecular weight excluding hydrogens is 457 g/mol. The second-order valence-corrected chi connectivity index (χ2v) is 8.50. The number of hydrogen-bond donors (Lipinski definition) is 1. The highest BCUT2D eigenvalue weighted by atomic mass is 79.9. The van der Waals surface area contributed by atoms with Gasteiger partial charge in [0.15, 0.2) is 11.0 Å². The molecule has 1 N–H and O–H groups in total. The molecule has 0 aliphatic carbocycles. The maximum atomic E-state index is 13.4. The SMILES string of the molecule is C[C@H](c1nnc(SCC(=O)Nc2cccc(Br)c2)n1-c1ccc(F)cc1)N(C)C. The Balaban J connectivity index is 1.81. The van der Waals surface area contributed by atoms with Crippen molar-refractivity contribution in [2.24, 2.45) is 0 Å². The number of thioether (sulfide) groups is 1. The van der Waals surface area contributed by atoms with Gasteiger partial charge in [-0.1, -0.05) is 33.8 Å². The maximum absolute atomic E-state index is 13.4. The van der Waals surface area contributed by atoms with E-state index in [4.69, 9.17) is 0 Å². The van der Waals surface area contributed by atoms with Gasteiger partial charge >= 0.3 is 0 Å². The van der Waals surface area contributed by atoms with Gasteiger partial charge in [0.1, 0.15) is 5.82 Å². The van der Waals surface area contributed by atoms with Crippen LogP contribution in [0.3, 0.4) is 0 Å². The monoisotopic (exact) mass is 477 g/mol. The highest BCUT2D eigenvalue weighted by Gasteiger charge is 2.21. The molecule has 1 atom stereocenters. The lowest BCUT2D eigenvalue weighted by Gasteiger charge is -2.20. The van der Waals surface area contributed by atoms with Crippen LogP contribution >= 0.6 is 27.7 Å². The van der Waals surface area contributed by atoms with Crippen molar-refractivity contribution in [1.29, 1.82) is 0 Å². The fraction of sp³-hybridized carbons (Fsp3) is 0.250. The van der Waals surface area contributed by atoms with Crippen molar-refractivity contribution >= 4 is 39.3 Å². The van der Waals surface area contributed by atoms with Gasteiger partial charge in [-0.15, -0.1) is 10.2 Å². The summed E-state index contributed by atoms with van der Waals surface area (Å²) in [5.74, 6) is 0.425. The lowest BCUT2D eigenvalue weighted by molar-refractivity contribution is -0.113. The summed E-state index contributed by atoms with van der Waals surface area (Å²) in [6.07, 6.45) is 0. The third kappa shape index (κ3) is 5.43. The van der Waals surface area contributed by atoms with Gasteiger partial charge in [0.2, 0.25) is 5.91 Å². The number of amides is 1. The fourth-order valence-electron chi connectivity index (χ4n) is 2.60. The summed E-state index contributed by atoms with van der Waals surface area (Å²) in [4.78, 5) is 14.4. The first-order valence-corrected chi connectivity index (χ1v) is 10.7. The normalized spacial score (nSPS) is 12.2. The number of nitrogens with one attached hydrogen (secondary N) is 1. The molecule has 0 aliphatic rings. The predicted molar refractivity (Wildman–Crippen MR) is 117 cm³/mol. The van der Waals surface area contributed by atoms with E-state index in [2.05, 4.69) is 31.4 Å². The quantitative estimate of drug-likeness (QED) is 0.506. The number of benzene rings is 2. The second kappa shape index (κ2) is 9.51. The number of halogens is 2.